The van der Waals surface area contributed by atoms with E-state index >= 15 is 0 Å². The molecule has 0 aromatic heterocycles. The number of amides is 2. The van der Waals surface area contributed by atoms with Crippen molar-refractivity contribution in [2.45, 2.75) is 68.7 Å². The molecule has 2 amide bonds. The maximum absolute atomic E-state index is 13.1. The summed E-state index contributed by atoms with van der Waals surface area (Å²) in [5.41, 5.74) is 14.2. The van der Waals surface area contributed by atoms with Gasteiger partial charge < -0.3 is 46.1 Å². The molecule has 13 nitrogen and oxygen atoms in total. The van der Waals surface area contributed by atoms with Crippen molar-refractivity contribution in [3.05, 3.63) is 53.1 Å². The maximum atomic E-state index is 13.1. The highest BCUT2D eigenvalue weighted by molar-refractivity contribution is 5.89. The number of rotatable bonds is 11. The zero-order chi connectivity index (χ0) is 33.5. The Hall–Kier alpha value is -4.36. The molecule has 4 aliphatic rings. The largest absolute Gasteiger partial charge is 0.504 e. The van der Waals surface area contributed by atoms with Crippen molar-refractivity contribution in [1.82, 2.24) is 15.5 Å². The lowest BCUT2D eigenvalue weighted by molar-refractivity contribution is -0.957. The van der Waals surface area contributed by atoms with Crippen LogP contribution in [0.15, 0.2) is 36.4 Å². The number of aromatic hydroxyl groups is 1. The zero-order valence-corrected chi connectivity index (χ0v) is 27.1. The third-order valence-electron chi connectivity index (χ3n) is 10.9. The SMILES string of the molecule is CN(CCNC(=O)[C@@H](N)CCCNC(=N)N)C(=O)Oc1ccc(C[N@@+]2(C)CC[C@]34c5c6ccc(O)c5O[C@H]3C(=O)CC[C@H]4[C@H]2C6)cc1. The summed E-state index contributed by atoms with van der Waals surface area (Å²) in [5.74, 6) is 1.11. The Labute approximate surface area is 274 Å². The van der Waals surface area contributed by atoms with E-state index < -0.39 is 18.2 Å². The lowest BCUT2D eigenvalue weighted by Crippen LogP contribution is -2.71. The van der Waals surface area contributed by atoms with E-state index in [4.69, 9.17) is 26.4 Å². The van der Waals surface area contributed by atoms with Crippen LogP contribution in [-0.2, 0) is 28.0 Å². The number of hydrogen-bond acceptors (Lipinski definition) is 8. The number of carbonyl (C=O) groups is 3. The molecule has 2 bridgehead atoms. The van der Waals surface area contributed by atoms with Crippen molar-refractivity contribution in [2.75, 3.05) is 40.3 Å². The van der Waals surface area contributed by atoms with E-state index in [1.807, 2.05) is 30.3 Å². The highest BCUT2D eigenvalue weighted by Gasteiger charge is 2.69. The van der Waals surface area contributed by atoms with Gasteiger partial charge >= 0.3 is 6.09 Å². The van der Waals surface area contributed by atoms with E-state index in [0.29, 0.717) is 49.3 Å². The Morgan fingerprint density at radius 3 is 2.72 bits per heavy atom. The summed E-state index contributed by atoms with van der Waals surface area (Å²) in [6.45, 7) is 2.65. The molecule has 13 heteroatoms. The molecule has 1 spiro atoms. The van der Waals surface area contributed by atoms with Crippen LogP contribution in [0.25, 0.3) is 0 Å². The molecule has 2 fully saturated rings. The molecule has 2 aromatic carbocycles. The van der Waals surface area contributed by atoms with Gasteiger partial charge in [-0.15, -0.1) is 0 Å². The lowest BCUT2D eigenvalue weighted by Gasteiger charge is -2.60. The predicted molar refractivity (Wildman–Crippen MR) is 174 cm³/mol. The van der Waals surface area contributed by atoms with Crippen molar-refractivity contribution in [3.63, 3.8) is 0 Å². The first kappa shape index (κ1) is 32.6. The third kappa shape index (κ3) is 5.98. The number of Topliss-reactive ketones (excluding diaryl/α,β-unsaturated/α-hetero) is 1. The van der Waals surface area contributed by atoms with Gasteiger partial charge in [0, 0.05) is 63.0 Å². The highest BCUT2D eigenvalue weighted by atomic mass is 16.6. The molecule has 8 N–H and O–H groups in total. The Morgan fingerprint density at radius 2 is 1.98 bits per heavy atom. The Kier molecular flexibility index (Phi) is 8.79. The minimum Gasteiger partial charge on any atom is -0.504 e. The van der Waals surface area contributed by atoms with Crippen LogP contribution in [0.5, 0.6) is 17.2 Å². The van der Waals surface area contributed by atoms with Gasteiger partial charge in [-0.2, -0.15) is 0 Å². The van der Waals surface area contributed by atoms with Crippen LogP contribution in [0.2, 0.25) is 0 Å². The quantitative estimate of drug-likeness (QED) is 0.0906. The number of ether oxygens (including phenoxy) is 2. The van der Waals surface area contributed by atoms with Crippen LogP contribution in [-0.4, -0.2) is 96.7 Å². The Morgan fingerprint density at radius 1 is 1.21 bits per heavy atom. The van der Waals surface area contributed by atoms with Crippen molar-refractivity contribution < 1.29 is 33.4 Å². The number of nitrogens with one attached hydrogen (secondary N) is 3. The first-order valence-corrected chi connectivity index (χ1v) is 16.4. The third-order valence-corrected chi connectivity index (χ3v) is 10.9. The lowest BCUT2D eigenvalue weighted by atomic mass is 9.51. The monoisotopic (exact) mass is 648 g/mol. The molecule has 252 valence electrons. The van der Waals surface area contributed by atoms with Gasteiger partial charge in [-0.1, -0.05) is 6.07 Å². The van der Waals surface area contributed by atoms with Gasteiger partial charge in [0.15, 0.2) is 29.3 Å². The van der Waals surface area contributed by atoms with Gasteiger partial charge in [-0.05, 0) is 55.2 Å². The van der Waals surface area contributed by atoms with E-state index in [1.165, 1.54) is 10.5 Å². The number of phenolic OH excluding ortho intramolecular Hbond substituents is 1. The minimum absolute atomic E-state index is 0.121. The summed E-state index contributed by atoms with van der Waals surface area (Å²) in [4.78, 5) is 39.5. The van der Waals surface area contributed by atoms with Gasteiger partial charge in [-0.3, -0.25) is 15.0 Å². The number of phenols is 1. The molecule has 1 saturated heterocycles. The molecule has 2 aliphatic carbocycles. The minimum atomic E-state index is -0.688. The van der Waals surface area contributed by atoms with Crippen molar-refractivity contribution in [2.24, 2.45) is 17.4 Å². The molecule has 47 heavy (non-hydrogen) atoms. The van der Waals surface area contributed by atoms with Crippen molar-refractivity contribution in [1.29, 1.82) is 5.41 Å². The number of nitrogens with two attached hydrogens (primary N) is 2. The second-order valence-corrected chi connectivity index (χ2v) is 13.8. The number of guanidine groups is 1. The Bertz CT molecular complexity index is 1570. The summed E-state index contributed by atoms with van der Waals surface area (Å²) in [6.07, 6.45) is 3.05. The molecule has 2 aliphatic heterocycles. The van der Waals surface area contributed by atoms with Crippen LogP contribution in [0.4, 0.5) is 4.79 Å². The molecule has 0 radical (unpaired) electrons. The number of benzene rings is 2. The first-order valence-electron chi connectivity index (χ1n) is 16.4. The summed E-state index contributed by atoms with van der Waals surface area (Å²) < 4.78 is 12.7. The number of likely N-dealkylation sites (tertiary alicyclic amines) is 1. The predicted octanol–water partition coefficient (Wildman–Crippen LogP) is 1.48. The van der Waals surface area contributed by atoms with Crippen LogP contribution in [0, 0.1) is 11.3 Å². The van der Waals surface area contributed by atoms with Gasteiger partial charge in [0.2, 0.25) is 5.91 Å². The van der Waals surface area contributed by atoms with Gasteiger partial charge in [-0.25, -0.2) is 4.79 Å². The van der Waals surface area contributed by atoms with E-state index in [2.05, 4.69) is 17.7 Å². The number of ketones is 1. The Balaban J connectivity index is 1.03. The van der Waals surface area contributed by atoms with Gasteiger partial charge in [0.25, 0.3) is 0 Å². The second kappa shape index (κ2) is 12.7. The van der Waals surface area contributed by atoms with Crippen LogP contribution in [0.1, 0.15) is 48.8 Å². The van der Waals surface area contributed by atoms with E-state index in [1.54, 1.807) is 13.1 Å². The molecule has 0 unspecified atom stereocenters. The van der Waals surface area contributed by atoms with Crippen LogP contribution in [0.3, 0.4) is 0 Å². The number of nitrogens with zero attached hydrogens (tertiary/aromatic N) is 2. The fourth-order valence-corrected chi connectivity index (χ4v) is 8.49. The molecule has 2 heterocycles. The molecular formula is C34H46N7O6+. The van der Waals surface area contributed by atoms with Gasteiger partial charge in [0.05, 0.1) is 31.1 Å². The summed E-state index contributed by atoms with van der Waals surface area (Å²) in [5, 5.41) is 23.2. The number of quaternary nitrogens is 1. The van der Waals surface area contributed by atoms with E-state index in [0.717, 1.165) is 48.0 Å². The number of piperidine rings is 1. The fourth-order valence-electron chi connectivity index (χ4n) is 8.49. The second-order valence-electron chi connectivity index (χ2n) is 13.8. The molecule has 1 saturated carbocycles. The highest BCUT2D eigenvalue weighted by Crippen LogP contribution is 2.64. The average molecular weight is 649 g/mol. The number of likely N-dealkylation sites (N-methyl/N-ethyl adjacent to an activating group) is 2. The maximum Gasteiger partial charge on any atom is 0.415 e. The zero-order valence-electron chi connectivity index (χ0n) is 27.1. The normalized spacial score (nSPS) is 27.2. The van der Waals surface area contributed by atoms with E-state index in [9.17, 15) is 19.5 Å². The number of hydrogen-bond donors (Lipinski definition) is 6. The topological polar surface area (TPSA) is 193 Å². The molecule has 6 rings (SSSR count). The van der Waals surface area contributed by atoms with Crippen LogP contribution < -0.4 is 31.6 Å². The van der Waals surface area contributed by atoms with Crippen molar-refractivity contribution >= 4 is 23.7 Å². The summed E-state index contributed by atoms with van der Waals surface area (Å²) in [7, 11) is 3.92. The van der Waals surface area contributed by atoms with E-state index in [-0.39, 0.29) is 41.9 Å². The van der Waals surface area contributed by atoms with Crippen LogP contribution >= 0.6 is 0 Å². The van der Waals surface area contributed by atoms with Gasteiger partial charge in [0.1, 0.15) is 12.3 Å². The molecule has 2 aromatic rings. The average Bonchev–Trinajstić information content (AvgIpc) is 3.40. The first-order chi connectivity index (χ1) is 22.4. The number of carbonyl (C=O) groups excluding carboxylic acids is 3. The van der Waals surface area contributed by atoms with Crippen molar-refractivity contribution in [3.8, 4) is 17.2 Å². The molecular weight excluding hydrogens is 602 g/mol. The fraction of sp³-hybridized carbons (Fsp3) is 0.529. The summed E-state index contributed by atoms with van der Waals surface area (Å²) in [6, 6.07) is 11.0. The molecule has 6 atom stereocenters. The standard InChI is InChI=1S/C34H45N7O6/c1-40(16-15-38-31(44)24(35)4-3-14-39-32(36)37)33(45)46-22-8-5-20(6-9-22)19-41(2)17-13-34-23-10-12-27(43)30(34)47-29-26(42)11-7-21(28(29)34)18-25(23)41/h5-9,11,23-25,30H,3-4,10,12-19,35H2,1-2H3,(H5-,36,37,38,39,42,44)/p+1/t23-,24-,25+,30-,34-,41+/m0/s1. The smallest absolute Gasteiger partial charge is 0.415 e. The summed E-state index contributed by atoms with van der Waals surface area (Å²) >= 11 is 0.